The van der Waals surface area contributed by atoms with Crippen LogP contribution in [0.1, 0.15) is 31.4 Å². The minimum absolute atomic E-state index is 0.0108. The average Bonchev–Trinajstić information content (AvgIpc) is 2.40. The number of benzene rings is 1. The van der Waals surface area contributed by atoms with Gasteiger partial charge in [0.1, 0.15) is 0 Å². The molecule has 1 atom stereocenters. The standard InChI is InChI=1S/C14H21N3O3/c1-9(2)15-14-5-4-10-6-11(8-18)13(17(19)20)7-12(10)16(14)3/h6-7,9,14-15,18H,4-5,8H2,1-3H3. The molecule has 0 fully saturated rings. The van der Waals surface area contributed by atoms with Crippen LogP contribution in [0.25, 0.3) is 0 Å². The van der Waals surface area contributed by atoms with Crippen molar-refractivity contribution in [2.75, 3.05) is 11.9 Å². The van der Waals surface area contributed by atoms with E-state index in [0.717, 1.165) is 24.1 Å². The van der Waals surface area contributed by atoms with Gasteiger partial charge in [-0.1, -0.05) is 0 Å². The van der Waals surface area contributed by atoms with Gasteiger partial charge in [0.25, 0.3) is 5.69 Å². The lowest BCUT2D eigenvalue weighted by Gasteiger charge is -2.37. The van der Waals surface area contributed by atoms with E-state index in [1.54, 1.807) is 12.1 Å². The van der Waals surface area contributed by atoms with Crippen LogP contribution >= 0.6 is 0 Å². The topological polar surface area (TPSA) is 78.6 Å². The molecule has 1 unspecified atom stereocenters. The van der Waals surface area contributed by atoms with Gasteiger partial charge in [0.2, 0.25) is 0 Å². The molecule has 1 aromatic rings. The molecule has 0 aromatic heterocycles. The lowest BCUT2D eigenvalue weighted by atomic mass is 9.96. The molecule has 1 heterocycles. The Labute approximate surface area is 118 Å². The Bertz CT molecular complexity index is 517. The molecule has 0 aliphatic carbocycles. The lowest BCUT2D eigenvalue weighted by molar-refractivity contribution is -0.385. The molecule has 2 rings (SSSR count). The smallest absolute Gasteiger partial charge is 0.276 e. The van der Waals surface area contributed by atoms with Crippen molar-refractivity contribution in [1.29, 1.82) is 0 Å². The van der Waals surface area contributed by atoms with E-state index in [2.05, 4.69) is 19.2 Å². The maximum atomic E-state index is 11.1. The highest BCUT2D eigenvalue weighted by Gasteiger charge is 2.27. The molecule has 6 heteroatoms. The Balaban J connectivity index is 2.39. The SMILES string of the molecule is CC(C)NC1CCc2cc(CO)c([N+](=O)[O-])cc2N1C. The van der Waals surface area contributed by atoms with Gasteiger partial charge in [0.15, 0.2) is 0 Å². The second kappa shape index (κ2) is 5.76. The van der Waals surface area contributed by atoms with Crippen LogP contribution in [0.4, 0.5) is 11.4 Å². The van der Waals surface area contributed by atoms with Crippen molar-refractivity contribution in [3.05, 3.63) is 33.4 Å². The molecular weight excluding hydrogens is 258 g/mol. The second-order valence-electron chi connectivity index (χ2n) is 5.51. The molecule has 0 spiro atoms. The first kappa shape index (κ1) is 14.7. The summed E-state index contributed by atoms with van der Waals surface area (Å²) in [5.41, 5.74) is 2.31. The van der Waals surface area contributed by atoms with Crippen LogP contribution < -0.4 is 10.2 Å². The summed E-state index contributed by atoms with van der Waals surface area (Å²) in [6, 6.07) is 3.70. The number of nitrogens with one attached hydrogen (secondary N) is 1. The van der Waals surface area contributed by atoms with Crippen molar-refractivity contribution in [3.8, 4) is 0 Å². The van der Waals surface area contributed by atoms with E-state index in [1.165, 1.54) is 0 Å². The number of aliphatic hydroxyl groups excluding tert-OH is 1. The number of nitro groups is 1. The van der Waals surface area contributed by atoms with Crippen LogP contribution in [0, 0.1) is 10.1 Å². The van der Waals surface area contributed by atoms with E-state index in [4.69, 9.17) is 0 Å². The monoisotopic (exact) mass is 279 g/mol. The first-order chi connectivity index (χ1) is 9.43. The lowest BCUT2D eigenvalue weighted by Crippen LogP contribution is -2.49. The first-order valence-electron chi connectivity index (χ1n) is 6.84. The van der Waals surface area contributed by atoms with Crippen molar-refractivity contribution in [2.24, 2.45) is 0 Å². The van der Waals surface area contributed by atoms with Crippen molar-refractivity contribution in [3.63, 3.8) is 0 Å². The molecule has 0 saturated carbocycles. The molecular formula is C14H21N3O3. The number of nitro benzene ring substituents is 1. The van der Waals surface area contributed by atoms with Gasteiger partial charge < -0.3 is 10.0 Å². The maximum absolute atomic E-state index is 11.1. The Morgan fingerprint density at radius 3 is 2.80 bits per heavy atom. The maximum Gasteiger partial charge on any atom is 0.276 e. The third-order valence-electron chi connectivity index (χ3n) is 3.71. The zero-order chi connectivity index (χ0) is 14.9. The molecule has 0 amide bonds. The van der Waals surface area contributed by atoms with Crippen LogP contribution in [0.5, 0.6) is 0 Å². The first-order valence-corrected chi connectivity index (χ1v) is 6.84. The molecule has 1 aliphatic rings. The van der Waals surface area contributed by atoms with Crippen LogP contribution in [0.15, 0.2) is 12.1 Å². The fraction of sp³-hybridized carbons (Fsp3) is 0.571. The van der Waals surface area contributed by atoms with E-state index < -0.39 is 4.92 Å². The third kappa shape index (κ3) is 2.76. The van der Waals surface area contributed by atoms with Gasteiger partial charge in [-0.25, -0.2) is 0 Å². The molecule has 6 nitrogen and oxygen atoms in total. The molecule has 0 saturated heterocycles. The predicted octanol–water partition coefficient (Wildman–Crippen LogP) is 1.79. The summed E-state index contributed by atoms with van der Waals surface area (Å²) < 4.78 is 0. The largest absolute Gasteiger partial charge is 0.391 e. The normalized spacial score (nSPS) is 18.2. The van der Waals surface area contributed by atoms with E-state index in [-0.39, 0.29) is 18.5 Å². The van der Waals surface area contributed by atoms with E-state index in [0.29, 0.717) is 11.6 Å². The van der Waals surface area contributed by atoms with Crippen molar-refractivity contribution < 1.29 is 10.0 Å². The minimum Gasteiger partial charge on any atom is -0.391 e. The van der Waals surface area contributed by atoms with Gasteiger partial charge >= 0.3 is 0 Å². The van der Waals surface area contributed by atoms with Crippen LogP contribution in [0.2, 0.25) is 0 Å². The van der Waals surface area contributed by atoms with Gasteiger partial charge in [-0.05, 0) is 38.3 Å². The number of hydrogen-bond acceptors (Lipinski definition) is 5. The van der Waals surface area contributed by atoms with Gasteiger partial charge in [-0.3, -0.25) is 15.4 Å². The summed E-state index contributed by atoms with van der Waals surface area (Å²) in [4.78, 5) is 12.7. The number of anilines is 1. The molecule has 0 bridgehead atoms. The molecule has 2 N–H and O–H groups in total. The van der Waals surface area contributed by atoms with Crippen molar-refractivity contribution >= 4 is 11.4 Å². The Morgan fingerprint density at radius 2 is 2.25 bits per heavy atom. The zero-order valence-electron chi connectivity index (χ0n) is 12.1. The van der Waals surface area contributed by atoms with E-state index >= 15 is 0 Å². The third-order valence-corrected chi connectivity index (χ3v) is 3.71. The summed E-state index contributed by atoms with van der Waals surface area (Å²) in [5.74, 6) is 0. The number of nitrogens with zero attached hydrogens (tertiary/aromatic N) is 2. The zero-order valence-corrected chi connectivity index (χ0v) is 12.1. The second-order valence-corrected chi connectivity index (χ2v) is 5.51. The van der Waals surface area contributed by atoms with Crippen LogP contribution in [-0.4, -0.2) is 29.3 Å². The Morgan fingerprint density at radius 1 is 1.55 bits per heavy atom. The van der Waals surface area contributed by atoms with Crippen LogP contribution in [0.3, 0.4) is 0 Å². The predicted molar refractivity (Wildman–Crippen MR) is 77.8 cm³/mol. The van der Waals surface area contributed by atoms with E-state index in [9.17, 15) is 15.2 Å². The Hall–Kier alpha value is -1.66. The van der Waals surface area contributed by atoms with Gasteiger partial charge in [-0.2, -0.15) is 0 Å². The molecule has 0 radical (unpaired) electrons. The van der Waals surface area contributed by atoms with E-state index in [1.807, 2.05) is 11.9 Å². The fourth-order valence-electron chi connectivity index (χ4n) is 2.73. The van der Waals surface area contributed by atoms with Crippen molar-refractivity contribution in [2.45, 2.75) is 45.5 Å². The van der Waals surface area contributed by atoms with Gasteiger partial charge in [0, 0.05) is 24.8 Å². The minimum atomic E-state index is -0.431. The summed E-state index contributed by atoms with van der Waals surface area (Å²) in [7, 11) is 1.94. The Kier molecular flexibility index (Phi) is 4.25. The summed E-state index contributed by atoms with van der Waals surface area (Å²) in [6.07, 6.45) is 1.99. The summed E-state index contributed by atoms with van der Waals surface area (Å²) in [6.45, 7) is 3.86. The molecule has 110 valence electrons. The highest BCUT2D eigenvalue weighted by molar-refractivity contribution is 5.63. The molecule has 20 heavy (non-hydrogen) atoms. The van der Waals surface area contributed by atoms with Gasteiger partial charge in [0.05, 0.1) is 23.3 Å². The highest BCUT2D eigenvalue weighted by Crippen LogP contribution is 2.34. The quantitative estimate of drug-likeness (QED) is 0.649. The number of aryl methyl sites for hydroxylation is 1. The highest BCUT2D eigenvalue weighted by atomic mass is 16.6. The fourth-order valence-corrected chi connectivity index (χ4v) is 2.73. The van der Waals surface area contributed by atoms with Gasteiger partial charge in [-0.15, -0.1) is 0 Å². The van der Waals surface area contributed by atoms with Crippen molar-refractivity contribution in [1.82, 2.24) is 5.32 Å². The summed E-state index contributed by atoms with van der Waals surface area (Å²) in [5, 5.41) is 23.8. The number of aliphatic hydroxyl groups is 1. The molecule has 1 aromatic carbocycles. The average molecular weight is 279 g/mol. The number of rotatable bonds is 4. The summed E-state index contributed by atoms with van der Waals surface area (Å²) >= 11 is 0. The van der Waals surface area contributed by atoms with Crippen LogP contribution in [-0.2, 0) is 13.0 Å². The molecule has 1 aliphatic heterocycles. The number of hydrogen-bond donors (Lipinski definition) is 2. The number of fused-ring (bicyclic) bond motifs is 1.